The maximum atomic E-state index is 8.84. The molecule has 1 unspecified atom stereocenters. The van der Waals surface area contributed by atoms with Crippen molar-refractivity contribution in [3.63, 3.8) is 0 Å². The molecule has 88 valence electrons. The van der Waals surface area contributed by atoms with Gasteiger partial charge in [0.05, 0.1) is 13.2 Å². The summed E-state index contributed by atoms with van der Waals surface area (Å²) in [6, 6.07) is 5.41. The smallest absolute Gasteiger partial charge is 0.203 e. The number of aliphatic hydroxyl groups is 1. The van der Waals surface area contributed by atoms with Crippen LogP contribution in [0.3, 0.4) is 0 Å². The maximum absolute atomic E-state index is 8.84. The molecule has 0 aliphatic heterocycles. The van der Waals surface area contributed by atoms with Gasteiger partial charge in [-0.2, -0.15) is 5.26 Å². The number of hydrogen-bond donors (Lipinski definition) is 2. The average molecular weight is 224 g/mol. The zero-order valence-corrected chi connectivity index (χ0v) is 9.27. The Morgan fingerprint density at radius 1 is 1.62 bits per heavy atom. The van der Waals surface area contributed by atoms with Crippen LogP contribution in [0.25, 0.3) is 0 Å². The van der Waals surface area contributed by atoms with Gasteiger partial charge in [0.1, 0.15) is 11.8 Å². The molecular formula is C11H16N2O3. The zero-order valence-electron chi connectivity index (χ0n) is 9.27. The Kier molecular flexibility index (Phi) is 5.57. The number of furan rings is 1. The van der Waals surface area contributed by atoms with Crippen molar-refractivity contribution in [3.05, 3.63) is 23.7 Å². The fourth-order valence-electron chi connectivity index (χ4n) is 1.38. The molecule has 0 bridgehead atoms. The van der Waals surface area contributed by atoms with Crippen LogP contribution in [0.4, 0.5) is 0 Å². The Hall–Kier alpha value is -1.35. The molecule has 0 aliphatic carbocycles. The van der Waals surface area contributed by atoms with Gasteiger partial charge < -0.3 is 19.6 Å². The highest BCUT2D eigenvalue weighted by atomic mass is 16.5. The molecule has 1 rings (SSSR count). The van der Waals surface area contributed by atoms with E-state index in [1.807, 2.05) is 6.07 Å². The molecule has 1 atom stereocenters. The Balaban J connectivity index is 2.39. The third kappa shape index (κ3) is 4.03. The minimum Gasteiger partial charge on any atom is -0.449 e. The lowest BCUT2D eigenvalue weighted by Crippen LogP contribution is -2.33. The lowest BCUT2D eigenvalue weighted by molar-refractivity contribution is 0.147. The Labute approximate surface area is 94.6 Å². The first-order valence-electron chi connectivity index (χ1n) is 5.12. The first-order chi connectivity index (χ1) is 7.80. The number of ether oxygens (including phenoxy) is 1. The van der Waals surface area contributed by atoms with Crippen LogP contribution in [0, 0.1) is 11.3 Å². The van der Waals surface area contributed by atoms with Gasteiger partial charge in [0.15, 0.2) is 0 Å². The maximum Gasteiger partial charge on any atom is 0.203 e. The summed E-state index contributed by atoms with van der Waals surface area (Å²) >= 11 is 0. The largest absolute Gasteiger partial charge is 0.449 e. The summed E-state index contributed by atoms with van der Waals surface area (Å²) in [6.45, 7) is 1.17. The van der Waals surface area contributed by atoms with Crippen LogP contribution in [-0.4, -0.2) is 31.5 Å². The predicted molar refractivity (Wildman–Crippen MR) is 57.6 cm³/mol. The molecular weight excluding hydrogens is 208 g/mol. The van der Waals surface area contributed by atoms with Crippen molar-refractivity contribution < 1.29 is 14.3 Å². The average Bonchev–Trinajstić information content (AvgIpc) is 2.74. The first kappa shape index (κ1) is 12.7. The zero-order chi connectivity index (χ0) is 11.8. The number of nitriles is 1. The first-order valence-corrected chi connectivity index (χ1v) is 5.12. The molecule has 1 aromatic rings. The lowest BCUT2D eigenvalue weighted by Gasteiger charge is -2.15. The van der Waals surface area contributed by atoms with Crippen molar-refractivity contribution in [3.8, 4) is 6.07 Å². The second-order valence-corrected chi connectivity index (χ2v) is 3.42. The van der Waals surface area contributed by atoms with Crippen molar-refractivity contribution in [1.29, 1.82) is 5.26 Å². The van der Waals surface area contributed by atoms with Crippen LogP contribution in [0.1, 0.15) is 17.9 Å². The van der Waals surface area contributed by atoms with E-state index in [1.54, 1.807) is 19.2 Å². The Bertz CT molecular complexity index is 337. The minimum atomic E-state index is 0.0886. The van der Waals surface area contributed by atoms with Crippen molar-refractivity contribution in [1.82, 2.24) is 5.32 Å². The van der Waals surface area contributed by atoms with Gasteiger partial charge in [-0.15, -0.1) is 0 Å². The number of methoxy groups -OCH3 is 1. The third-order valence-electron chi connectivity index (χ3n) is 2.18. The molecule has 0 fully saturated rings. The van der Waals surface area contributed by atoms with E-state index in [0.29, 0.717) is 31.1 Å². The highest BCUT2D eigenvalue weighted by Gasteiger charge is 2.08. The molecule has 0 saturated heterocycles. The molecule has 0 spiro atoms. The number of nitrogens with one attached hydrogen (secondary N) is 1. The van der Waals surface area contributed by atoms with E-state index in [1.165, 1.54) is 0 Å². The molecule has 2 N–H and O–H groups in total. The van der Waals surface area contributed by atoms with Crippen LogP contribution in [0.2, 0.25) is 0 Å². The number of rotatable bonds is 7. The molecule has 16 heavy (non-hydrogen) atoms. The van der Waals surface area contributed by atoms with Gasteiger partial charge in [0.25, 0.3) is 0 Å². The molecule has 0 aliphatic rings. The van der Waals surface area contributed by atoms with Gasteiger partial charge in [-0.1, -0.05) is 0 Å². The van der Waals surface area contributed by atoms with E-state index in [4.69, 9.17) is 19.5 Å². The van der Waals surface area contributed by atoms with Crippen LogP contribution in [0.5, 0.6) is 0 Å². The molecule has 0 saturated carbocycles. The van der Waals surface area contributed by atoms with Crippen molar-refractivity contribution >= 4 is 0 Å². The second-order valence-electron chi connectivity index (χ2n) is 3.42. The number of hydrogen-bond acceptors (Lipinski definition) is 5. The van der Waals surface area contributed by atoms with Gasteiger partial charge >= 0.3 is 0 Å². The summed E-state index contributed by atoms with van der Waals surface area (Å²) in [4.78, 5) is 0. The Morgan fingerprint density at radius 2 is 2.44 bits per heavy atom. The summed E-state index contributed by atoms with van der Waals surface area (Å²) in [5.41, 5.74) is 0. The van der Waals surface area contributed by atoms with E-state index >= 15 is 0 Å². The fourth-order valence-corrected chi connectivity index (χ4v) is 1.38. The normalized spacial score (nSPS) is 12.3. The third-order valence-corrected chi connectivity index (χ3v) is 2.18. The van der Waals surface area contributed by atoms with E-state index in [-0.39, 0.29) is 12.6 Å². The summed E-state index contributed by atoms with van der Waals surface area (Å²) in [5, 5.41) is 20.6. The van der Waals surface area contributed by atoms with Crippen molar-refractivity contribution in [2.24, 2.45) is 0 Å². The minimum absolute atomic E-state index is 0.0886. The summed E-state index contributed by atoms with van der Waals surface area (Å²) < 4.78 is 10.2. The highest BCUT2D eigenvalue weighted by Crippen LogP contribution is 2.06. The van der Waals surface area contributed by atoms with Crippen LogP contribution in [-0.2, 0) is 11.3 Å². The van der Waals surface area contributed by atoms with E-state index in [2.05, 4.69) is 5.32 Å². The summed E-state index contributed by atoms with van der Waals surface area (Å²) in [7, 11) is 1.62. The predicted octanol–water partition coefficient (Wildman–Crippen LogP) is 0.638. The van der Waals surface area contributed by atoms with Gasteiger partial charge in [0, 0.05) is 19.8 Å². The topological polar surface area (TPSA) is 78.4 Å². The van der Waals surface area contributed by atoms with Crippen LogP contribution < -0.4 is 5.32 Å². The molecule has 0 amide bonds. The molecule has 0 radical (unpaired) electrons. The van der Waals surface area contributed by atoms with Gasteiger partial charge in [-0.25, -0.2) is 0 Å². The standard InChI is InChI=1S/C11H16N2O3/c1-15-8-9(4-5-14)13-7-11-3-2-10(6-12)16-11/h2-3,9,13-14H,4-5,7-8H2,1H3. The molecule has 5 nitrogen and oxygen atoms in total. The lowest BCUT2D eigenvalue weighted by atomic mass is 10.2. The highest BCUT2D eigenvalue weighted by molar-refractivity contribution is 5.18. The molecule has 1 heterocycles. The Morgan fingerprint density at radius 3 is 3.00 bits per heavy atom. The fraction of sp³-hybridized carbons (Fsp3) is 0.545. The molecule has 1 aromatic heterocycles. The van der Waals surface area contributed by atoms with Crippen LogP contribution >= 0.6 is 0 Å². The van der Waals surface area contributed by atoms with Crippen LogP contribution in [0.15, 0.2) is 16.5 Å². The summed E-state index contributed by atoms with van der Waals surface area (Å²) in [5.74, 6) is 1.01. The monoisotopic (exact) mass is 224 g/mol. The van der Waals surface area contributed by atoms with Gasteiger partial charge in [-0.05, 0) is 18.6 Å². The van der Waals surface area contributed by atoms with Gasteiger partial charge in [0.2, 0.25) is 5.76 Å². The molecule has 0 aromatic carbocycles. The quantitative estimate of drug-likeness (QED) is 0.710. The molecule has 5 heteroatoms. The van der Waals surface area contributed by atoms with Gasteiger partial charge in [-0.3, -0.25) is 0 Å². The van der Waals surface area contributed by atoms with E-state index in [9.17, 15) is 0 Å². The van der Waals surface area contributed by atoms with Crippen molar-refractivity contribution in [2.75, 3.05) is 20.3 Å². The number of nitrogens with zero attached hydrogens (tertiary/aromatic N) is 1. The SMILES string of the molecule is COCC(CCO)NCc1ccc(C#N)o1. The summed E-state index contributed by atoms with van der Waals surface area (Å²) in [6.07, 6.45) is 0.625. The van der Waals surface area contributed by atoms with E-state index < -0.39 is 0 Å². The second kappa shape index (κ2) is 7.01. The van der Waals surface area contributed by atoms with E-state index in [0.717, 1.165) is 0 Å². The number of aliphatic hydroxyl groups excluding tert-OH is 1. The van der Waals surface area contributed by atoms with Crippen molar-refractivity contribution in [2.45, 2.75) is 19.0 Å².